The number of hydrogen-bond acceptors (Lipinski definition) is 4. The summed E-state index contributed by atoms with van der Waals surface area (Å²) in [6, 6.07) is 10.0. The van der Waals surface area contributed by atoms with Crippen molar-refractivity contribution in [1.29, 1.82) is 0 Å². The normalized spacial score (nSPS) is 15.1. The van der Waals surface area contributed by atoms with Gasteiger partial charge in [-0.05, 0) is 48.4 Å². The van der Waals surface area contributed by atoms with Crippen LogP contribution in [0.2, 0.25) is 5.02 Å². The van der Waals surface area contributed by atoms with E-state index < -0.39 is 0 Å². The Morgan fingerprint density at radius 1 is 1.23 bits per heavy atom. The molecule has 4 nitrogen and oxygen atoms in total. The number of thiophene rings is 1. The van der Waals surface area contributed by atoms with Crippen LogP contribution in [0.3, 0.4) is 0 Å². The monoisotopic (exact) mass is 392 g/mol. The van der Waals surface area contributed by atoms with E-state index >= 15 is 0 Å². The first-order chi connectivity index (χ1) is 12.7. The summed E-state index contributed by atoms with van der Waals surface area (Å²) in [7, 11) is 0. The largest absolute Gasteiger partial charge is 0.379 e. The highest BCUT2D eigenvalue weighted by Crippen LogP contribution is 2.23. The van der Waals surface area contributed by atoms with E-state index in [1.165, 1.54) is 4.88 Å². The average Bonchev–Trinajstić information content (AvgIpc) is 3.15. The molecule has 1 aliphatic heterocycles. The van der Waals surface area contributed by atoms with Crippen molar-refractivity contribution in [3.8, 4) is 0 Å². The second-order valence-electron chi connectivity index (χ2n) is 6.53. The molecule has 0 spiro atoms. The van der Waals surface area contributed by atoms with Gasteiger partial charge in [-0.3, -0.25) is 9.69 Å². The van der Waals surface area contributed by atoms with Crippen LogP contribution in [0.25, 0.3) is 0 Å². The van der Waals surface area contributed by atoms with Gasteiger partial charge in [-0.1, -0.05) is 23.7 Å². The molecule has 0 bridgehead atoms. The number of carbonyl (C=O) groups is 1. The molecular formula is C20H25ClN2O2S. The fraction of sp³-hybridized carbons (Fsp3) is 0.450. The van der Waals surface area contributed by atoms with Crippen molar-refractivity contribution in [2.45, 2.75) is 32.2 Å². The third-order valence-corrected chi connectivity index (χ3v) is 5.78. The highest BCUT2D eigenvalue weighted by molar-refractivity contribution is 7.09. The van der Waals surface area contributed by atoms with Gasteiger partial charge in [0.1, 0.15) is 0 Å². The van der Waals surface area contributed by atoms with E-state index in [9.17, 15) is 4.79 Å². The fourth-order valence-corrected chi connectivity index (χ4v) is 4.01. The molecule has 1 aliphatic rings. The average molecular weight is 393 g/mol. The Morgan fingerprint density at radius 3 is 2.81 bits per heavy atom. The number of nitrogens with zero attached hydrogens (tertiary/aromatic N) is 1. The number of halogens is 1. The lowest BCUT2D eigenvalue weighted by Gasteiger charge is -2.27. The van der Waals surface area contributed by atoms with E-state index in [0.29, 0.717) is 11.4 Å². The van der Waals surface area contributed by atoms with Crippen molar-refractivity contribution in [2.75, 3.05) is 31.6 Å². The summed E-state index contributed by atoms with van der Waals surface area (Å²) in [5.74, 6) is 0.0492. The third-order valence-electron chi connectivity index (χ3n) is 4.49. The van der Waals surface area contributed by atoms with Gasteiger partial charge in [0, 0.05) is 41.6 Å². The molecule has 0 atom stereocenters. The van der Waals surface area contributed by atoms with E-state index in [-0.39, 0.29) is 5.91 Å². The molecule has 0 unspecified atom stereocenters. The topological polar surface area (TPSA) is 41.6 Å². The zero-order valence-corrected chi connectivity index (χ0v) is 16.5. The van der Waals surface area contributed by atoms with Crippen molar-refractivity contribution in [3.63, 3.8) is 0 Å². The van der Waals surface area contributed by atoms with Gasteiger partial charge in [0.05, 0.1) is 13.2 Å². The quantitative estimate of drug-likeness (QED) is 0.668. The van der Waals surface area contributed by atoms with Crippen molar-refractivity contribution < 1.29 is 9.53 Å². The maximum Gasteiger partial charge on any atom is 0.224 e. The highest BCUT2D eigenvalue weighted by Gasteiger charge is 2.13. The molecular weight excluding hydrogens is 368 g/mol. The molecule has 2 aromatic rings. The van der Waals surface area contributed by atoms with Gasteiger partial charge < -0.3 is 10.1 Å². The zero-order valence-electron chi connectivity index (χ0n) is 14.9. The molecule has 2 heterocycles. The molecule has 1 aromatic heterocycles. The molecule has 140 valence electrons. The SMILES string of the molecule is O=C(CCCCc1cccs1)Nc1ccc(CN2CCOCC2)c(Cl)c1. The first-order valence-corrected chi connectivity index (χ1v) is 10.4. The molecule has 1 N–H and O–H groups in total. The van der Waals surface area contributed by atoms with E-state index in [1.807, 2.05) is 18.2 Å². The second-order valence-corrected chi connectivity index (χ2v) is 7.97. The Morgan fingerprint density at radius 2 is 2.08 bits per heavy atom. The van der Waals surface area contributed by atoms with E-state index in [4.69, 9.17) is 16.3 Å². The van der Waals surface area contributed by atoms with Crippen molar-refractivity contribution in [2.24, 2.45) is 0 Å². The Labute approximate surface area is 164 Å². The molecule has 1 amide bonds. The molecule has 0 aliphatic carbocycles. The van der Waals surface area contributed by atoms with Gasteiger partial charge in [-0.2, -0.15) is 0 Å². The summed E-state index contributed by atoms with van der Waals surface area (Å²) in [5.41, 5.74) is 1.85. The Bertz CT molecular complexity index is 700. The number of unbranched alkanes of at least 4 members (excludes halogenated alkanes) is 1. The van der Waals surface area contributed by atoms with Crippen LogP contribution in [0.4, 0.5) is 5.69 Å². The van der Waals surface area contributed by atoms with E-state index in [1.54, 1.807) is 11.3 Å². The van der Waals surface area contributed by atoms with Gasteiger partial charge in [0.25, 0.3) is 0 Å². The maximum absolute atomic E-state index is 12.1. The number of nitrogens with one attached hydrogen (secondary N) is 1. The Kier molecular flexibility index (Phi) is 7.50. The number of hydrogen-bond donors (Lipinski definition) is 1. The molecule has 26 heavy (non-hydrogen) atoms. The van der Waals surface area contributed by atoms with Gasteiger partial charge in [0.2, 0.25) is 5.91 Å². The van der Waals surface area contributed by atoms with Crippen LogP contribution in [0, 0.1) is 0 Å². The molecule has 1 aromatic carbocycles. The lowest BCUT2D eigenvalue weighted by atomic mass is 10.1. The minimum Gasteiger partial charge on any atom is -0.379 e. The van der Waals surface area contributed by atoms with Crippen molar-refractivity contribution in [3.05, 3.63) is 51.2 Å². The second kappa shape index (κ2) is 10.1. The van der Waals surface area contributed by atoms with Crippen LogP contribution in [-0.2, 0) is 22.5 Å². The number of carbonyl (C=O) groups excluding carboxylic acids is 1. The summed E-state index contributed by atoms with van der Waals surface area (Å²) in [4.78, 5) is 15.8. The smallest absolute Gasteiger partial charge is 0.224 e. The number of ether oxygens (including phenoxy) is 1. The summed E-state index contributed by atoms with van der Waals surface area (Å²) < 4.78 is 5.37. The summed E-state index contributed by atoms with van der Waals surface area (Å²) in [5, 5.41) is 5.75. The zero-order chi connectivity index (χ0) is 18.2. The van der Waals surface area contributed by atoms with Crippen LogP contribution in [0.5, 0.6) is 0 Å². The lowest BCUT2D eigenvalue weighted by molar-refractivity contribution is -0.116. The fourth-order valence-electron chi connectivity index (χ4n) is 3.02. The molecule has 0 radical (unpaired) electrons. The number of aryl methyl sites for hydroxylation is 1. The number of rotatable bonds is 8. The van der Waals surface area contributed by atoms with Gasteiger partial charge in [0.15, 0.2) is 0 Å². The predicted octanol–water partition coefficient (Wildman–Crippen LogP) is 4.59. The number of amides is 1. The third kappa shape index (κ3) is 6.09. The highest BCUT2D eigenvalue weighted by atomic mass is 35.5. The summed E-state index contributed by atoms with van der Waals surface area (Å²) in [6.07, 6.45) is 3.52. The Hall–Kier alpha value is -1.40. The standard InChI is InChI=1S/C20H25ClN2O2S/c21-19-14-17(8-7-16(19)15-23-9-11-25-12-10-23)22-20(24)6-2-1-4-18-5-3-13-26-18/h3,5,7-8,13-14H,1-2,4,6,9-12,15H2,(H,22,24). The molecule has 6 heteroatoms. The Balaban J connectivity index is 1.42. The maximum atomic E-state index is 12.1. The lowest BCUT2D eigenvalue weighted by Crippen LogP contribution is -2.35. The van der Waals surface area contributed by atoms with Crippen LogP contribution in [-0.4, -0.2) is 37.1 Å². The van der Waals surface area contributed by atoms with Crippen molar-refractivity contribution >= 4 is 34.5 Å². The van der Waals surface area contributed by atoms with Gasteiger partial charge in [-0.25, -0.2) is 0 Å². The van der Waals surface area contributed by atoms with E-state index in [0.717, 1.165) is 63.4 Å². The van der Waals surface area contributed by atoms with Gasteiger partial charge in [-0.15, -0.1) is 11.3 Å². The number of benzene rings is 1. The molecule has 1 fully saturated rings. The minimum absolute atomic E-state index is 0.0492. The number of morpholine rings is 1. The summed E-state index contributed by atoms with van der Waals surface area (Å²) in [6.45, 7) is 4.23. The predicted molar refractivity (Wildman–Crippen MR) is 108 cm³/mol. The molecule has 0 saturated carbocycles. The van der Waals surface area contributed by atoms with Crippen LogP contribution in [0.15, 0.2) is 35.7 Å². The molecule has 3 rings (SSSR count). The van der Waals surface area contributed by atoms with Crippen LogP contribution < -0.4 is 5.32 Å². The van der Waals surface area contributed by atoms with Crippen molar-refractivity contribution in [1.82, 2.24) is 4.90 Å². The van der Waals surface area contributed by atoms with Crippen LogP contribution >= 0.6 is 22.9 Å². The molecule has 1 saturated heterocycles. The first-order valence-electron chi connectivity index (χ1n) is 9.11. The first kappa shape index (κ1) is 19.4. The minimum atomic E-state index is 0.0492. The van der Waals surface area contributed by atoms with E-state index in [2.05, 4.69) is 27.7 Å². The van der Waals surface area contributed by atoms with Crippen LogP contribution in [0.1, 0.15) is 29.7 Å². The summed E-state index contributed by atoms with van der Waals surface area (Å²) >= 11 is 8.18. The van der Waals surface area contributed by atoms with Gasteiger partial charge >= 0.3 is 0 Å². The number of anilines is 1.